The zero-order valence-corrected chi connectivity index (χ0v) is 22.0. The fourth-order valence-electron chi connectivity index (χ4n) is 3.62. The molecule has 0 saturated carbocycles. The molecule has 0 fully saturated rings. The number of nitrogens with one attached hydrogen (secondary N) is 2. The summed E-state index contributed by atoms with van der Waals surface area (Å²) >= 11 is 0. The number of aromatic nitrogens is 1. The van der Waals surface area contributed by atoms with Gasteiger partial charge in [0.2, 0.25) is 11.8 Å². The second-order valence-electron chi connectivity index (χ2n) is 9.66. The van der Waals surface area contributed by atoms with Gasteiger partial charge in [-0.2, -0.15) is 13.2 Å². The number of amides is 2. The van der Waals surface area contributed by atoms with Crippen LogP contribution in [-0.4, -0.2) is 35.5 Å². The largest absolute Gasteiger partial charge is 0.481 e. The van der Waals surface area contributed by atoms with Gasteiger partial charge >= 0.3 is 12.3 Å². The van der Waals surface area contributed by atoms with Gasteiger partial charge in [-0.1, -0.05) is 18.2 Å². The number of benzene rings is 2. The Hall–Kier alpha value is -4.41. The molecule has 0 spiro atoms. The molecule has 0 aliphatic heterocycles. The smallest absolute Gasteiger partial charge is 0.416 e. The van der Waals surface area contributed by atoms with Gasteiger partial charge in [0.05, 0.1) is 30.5 Å². The normalized spacial score (nSPS) is 11.5. The third kappa shape index (κ3) is 8.03. The number of pyridine rings is 1. The molecule has 39 heavy (non-hydrogen) atoms. The maximum Gasteiger partial charge on any atom is 0.416 e. The number of carbonyl (C=O) groups is 3. The van der Waals surface area contributed by atoms with E-state index in [4.69, 9.17) is 9.47 Å². The molecule has 0 radical (unpaired) electrons. The average molecular weight is 544 g/mol. The lowest BCUT2D eigenvalue weighted by Crippen LogP contribution is -2.28. The zero-order chi connectivity index (χ0) is 29.0. The van der Waals surface area contributed by atoms with Crippen LogP contribution in [0.2, 0.25) is 0 Å². The number of rotatable bonds is 7. The summed E-state index contributed by atoms with van der Waals surface area (Å²) in [4.78, 5) is 42.0. The SMILES string of the molecule is COc1ccc(-c2cccc(C(=O)CC(=O)Nc3cc(C(F)(F)F)c(C)cc3NC(=O)OC(C)(C)C)c2)cn1. The standard InChI is InChI=1S/C28H28F3N3O5/c1-16-11-21(34-26(37)39-27(2,3)4)22(13-20(16)28(29,30)31)33-24(36)14-23(35)18-8-6-7-17(12-18)19-9-10-25(38-5)32-15-19/h6-13,15H,14H2,1-5H3,(H,33,36)(H,34,37). The third-order valence-electron chi connectivity index (χ3n) is 5.36. The van der Waals surface area contributed by atoms with E-state index in [1.807, 2.05) is 0 Å². The van der Waals surface area contributed by atoms with Crippen LogP contribution in [0.4, 0.5) is 29.3 Å². The van der Waals surface area contributed by atoms with Crippen LogP contribution in [0.1, 0.15) is 48.7 Å². The van der Waals surface area contributed by atoms with E-state index in [1.165, 1.54) is 20.1 Å². The number of hydrogen-bond acceptors (Lipinski definition) is 6. The van der Waals surface area contributed by atoms with Crippen LogP contribution in [0, 0.1) is 6.92 Å². The van der Waals surface area contributed by atoms with Crippen LogP contribution in [0.3, 0.4) is 0 Å². The van der Waals surface area contributed by atoms with Crippen LogP contribution in [0.15, 0.2) is 54.7 Å². The molecule has 0 bridgehead atoms. The van der Waals surface area contributed by atoms with Gasteiger partial charge in [-0.15, -0.1) is 0 Å². The fraction of sp³-hybridized carbons (Fsp3) is 0.286. The van der Waals surface area contributed by atoms with E-state index in [-0.39, 0.29) is 22.5 Å². The second-order valence-corrected chi connectivity index (χ2v) is 9.66. The first-order chi connectivity index (χ1) is 18.2. The Bertz CT molecular complexity index is 1380. The average Bonchev–Trinajstić information content (AvgIpc) is 2.83. The number of ketones is 1. The highest BCUT2D eigenvalue weighted by Gasteiger charge is 2.34. The maximum atomic E-state index is 13.5. The minimum absolute atomic E-state index is 0.107. The number of anilines is 2. The van der Waals surface area contributed by atoms with Gasteiger partial charge in [0.25, 0.3) is 0 Å². The lowest BCUT2D eigenvalue weighted by atomic mass is 10.0. The molecular formula is C28H28F3N3O5. The number of nitrogens with zero attached hydrogens (tertiary/aromatic N) is 1. The molecule has 11 heteroatoms. The van der Waals surface area contributed by atoms with Crippen LogP contribution in [0.5, 0.6) is 5.88 Å². The molecule has 1 aromatic heterocycles. The van der Waals surface area contributed by atoms with Gasteiger partial charge in [-0.05, 0) is 63.1 Å². The molecule has 206 valence electrons. The summed E-state index contributed by atoms with van der Waals surface area (Å²) in [6.45, 7) is 6.10. The van der Waals surface area contributed by atoms with Crippen LogP contribution in [-0.2, 0) is 15.7 Å². The summed E-state index contributed by atoms with van der Waals surface area (Å²) in [6.07, 6.45) is -4.70. The van der Waals surface area contributed by atoms with Crippen molar-refractivity contribution in [3.8, 4) is 17.0 Å². The van der Waals surface area contributed by atoms with Gasteiger partial charge in [0.1, 0.15) is 5.60 Å². The minimum Gasteiger partial charge on any atom is -0.481 e. The molecule has 2 aromatic carbocycles. The number of Topliss-reactive ketones (excluding diaryl/α,β-unsaturated/α-hetero) is 1. The highest BCUT2D eigenvalue weighted by atomic mass is 19.4. The van der Waals surface area contributed by atoms with Gasteiger partial charge in [-0.25, -0.2) is 9.78 Å². The van der Waals surface area contributed by atoms with E-state index in [1.54, 1.807) is 57.3 Å². The lowest BCUT2D eigenvalue weighted by molar-refractivity contribution is -0.138. The van der Waals surface area contributed by atoms with E-state index in [9.17, 15) is 27.6 Å². The first-order valence-corrected chi connectivity index (χ1v) is 11.8. The Labute approximate surface area is 223 Å². The van der Waals surface area contributed by atoms with Gasteiger partial charge in [0.15, 0.2) is 5.78 Å². The zero-order valence-electron chi connectivity index (χ0n) is 22.0. The van der Waals surface area contributed by atoms with Crippen molar-refractivity contribution in [3.05, 3.63) is 71.4 Å². The highest BCUT2D eigenvalue weighted by Crippen LogP contribution is 2.37. The second kappa shape index (κ2) is 11.5. The van der Waals surface area contributed by atoms with E-state index >= 15 is 0 Å². The van der Waals surface area contributed by atoms with Crippen molar-refractivity contribution in [2.45, 2.75) is 45.9 Å². The minimum atomic E-state index is -4.71. The summed E-state index contributed by atoms with van der Waals surface area (Å²) < 4.78 is 50.8. The molecule has 0 saturated heterocycles. The molecule has 2 amide bonds. The van der Waals surface area contributed by atoms with E-state index in [0.29, 0.717) is 23.1 Å². The van der Waals surface area contributed by atoms with Gasteiger partial charge in [-0.3, -0.25) is 14.9 Å². The molecule has 0 unspecified atom stereocenters. The van der Waals surface area contributed by atoms with Gasteiger partial charge in [0, 0.05) is 23.4 Å². The summed E-state index contributed by atoms with van der Waals surface area (Å²) in [6, 6.07) is 11.7. The highest BCUT2D eigenvalue weighted by molar-refractivity contribution is 6.12. The van der Waals surface area contributed by atoms with Crippen LogP contribution < -0.4 is 15.4 Å². The van der Waals surface area contributed by atoms with E-state index in [0.717, 1.165) is 6.07 Å². The topological polar surface area (TPSA) is 107 Å². The van der Waals surface area contributed by atoms with Crippen molar-refractivity contribution in [1.29, 1.82) is 0 Å². The van der Waals surface area contributed by atoms with Crippen LogP contribution >= 0.6 is 0 Å². The van der Waals surface area contributed by atoms with Gasteiger partial charge < -0.3 is 14.8 Å². The summed E-state index contributed by atoms with van der Waals surface area (Å²) in [5.74, 6) is -0.991. The number of ether oxygens (including phenoxy) is 2. The molecule has 3 rings (SSSR count). The van der Waals surface area contributed by atoms with Crippen molar-refractivity contribution < 1.29 is 37.0 Å². The molecule has 0 aliphatic carbocycles. The van der Waals surface area contributed by atoms with Crippen molar-refractivity contribution in [3.63, 3.8) is 0 Å². The van der Waals surface area contributed by atoms with Crippen LogP contribution in [0.25, 0.3) is 11.1 Å². The molecule has 2 N–H and O–H groups in total. The Kier molecular flexibility index (Phi) is 8.63. The van der Waals surface area contributed by atoms with Crippen molar-refractivity contribution in [2.24, 2.45) is 0 Å². The first kappa shape index (κ1) is 29.2. The Balaban J connectivity index is 1.82. The number of methoxy groups -OCH3 is 1. The number of hydrogen-bond donors (Lipinski definition) is 2. The van der Waals surface area contributed by atoms with E-state index < -0.39 is 41.5 Å². The Morgan fingerprint density at radius 2 is 1.62 bits per heavy atom. The molecule has 1 heterocycles. The predicted octanol–water partition coefficient (Wildman–Crippen LogP) is 6.64. The number of carbonyl (C=O) groups excluding carboxylic acids is 3. The van der Waals surface area contributed by atoms with Crippen molar-refractivity contribution in [2.75, 3.05) is 17.7 Å². The monoisotopic (exact) mass is 543 g/mol. The quantitative estimate of drug-likeness (QED) is 0.256. The third-order valence-corrected chi connectivity index (χ3v) is 5.36. The lowest BCUT2D eigenvalue weighted by Gasteiger charge is -2.21. The Morgan fingerprint density at radius 3 is 2.21 bits per heavy atom. The number of aryl methyl sites for hydroxylation is 1. The van der Waals surface area contributed by atoms with Crippen molar-refractivity contribution in [1.82, 2.24) is 4.98 Å². The molecule has 0 atom stereocenters. The van der Waals surface area contributed by atoms with Crippen molar-refractivity contribution >= 4 is 29.2 Å². The molecule has 8 nitrogen and oxygen atoms in total. The summed E-state index contributed by atoms with van der Waals surface area (Å²) in [7, 11) is 1.49. The number of alkyl halides is 3. The first-order valence-electron chi connectivity index (χ1n) is 11.8. The molecular weight excluding hydrogens is 515 g/mol. The molecule has 3 aromatic rings. The fourth-order valence-corrected chi connectivity index (χ4v) is 3.62. The predicted molar refractivity (Wildman–Crippen MR) is 140 cm³/mol. The Morgan fingerprint density at radius 1 is 0.923 bits per heavy atom. The maximum absolute atomic E-state index is 13.5. The van der Waals surface area contributed by atoms with E-state index in [2.05, 4.69) is 15.6 Å². The molecule has 0 aliphatic rings. The summed E-state index contributed by atoms with van der Waals surface area (Å²) in [5, 5.41) is 4.69. The number of halogens is 3. The summed E-state index contributed by atoms with van der Waals surface area (Å²) in [5.41, 5.74) is -0.852.